The van der Waals surface area contributed by atoms with Crippen LogP contribution in [0.4, 0.5) is 0 Å². The minimum atomic E-state index is -0.120. The molecule has 0 aliphatic carbocycles. The smallest absolute Gasteiger partial charge is 0.198 e. The average molecular weight is 275 g/mol. The van der Waals surface area contributed by atoms with Gasteiger partial charge in [0.15, 0.2) is 5.78 Å². The maximum Gasteiger partial charge on any atom is 0.198 e. The molecule has 0 atom stereocenters. The van der Waals surface area contributed by atoms with E-state index in [1.807, 2.05) is 38.1 Å². The monoisotopic (exact) mass is 274 g/mol. The number of carbonyl (C=O) groups excluding carboxylic acids is 1. The van der Waals surface area contributed by atoms with Crippen molar-refractivity contribution in [3.05, 3.63) is 63.7 Å². The summed E-state index contributed by atoms with van der Waals surface area (Å²) >= 11 is 6.18. The van der Waals surface area contributed by atoms with Crippen molar-refractivity contribution < 1.29 is 9.53 Å². The second kappa shape index (κ2) is 5.45. The van der Waals surface area contributed by atoms with Crippen LogP contribution in [0.5, 0.6) is 5.75 Å². The molecule has 0 unspecified atom stereocenters. The third-order valence-electron chi connectivity index (χ3n) is 3.18. The lowest BCUT2D eigenvalue weighted by Gasteiger charge is -2.10. The lowest BCUT2D eigenvalue weighted by molar-refractivity contribution is 0.103. The van der Waals surface area contributed by atoms with Gasteiger partial charge in [0.05, 0.1) is 17.7 Å². The molecule has 0 heterocycles. The van der Waals surface area contributed by atoms with Gasteiger partial charge in [0.1, 0.15) is 5.75 Å². The first-order chi connectivity index (χ1) is 9.04. The molecule has 2 rings (SSSR count). The van der Waals surface area contributed by atoms with Gasteiger partial charge in [0.25, 0.3) is 0 Å². The third kappa shape index (κ3) is 2.64. The van der Waals surface area contributed by atoms with E-state index in [1.54, 1.807) is 19.2 Å². The molecule has 0 saturated heterocycles. The van der Waals surface area contributed by atoms with Crippen LogP contribution in [0.3, 0.4) is 0 Å². The molecule has 0 saturated carbocycles. The maximum absolute atomic E-state index is 12.5. The van der Waals surface area contributed by atoms with Crippen LogP contribution in [0.1, 0.15) is 27.0 Å². The van der Waals surface area contributed by atoms with Crippen molar-refractivity contribution in [2.45, 2.75) is 13.8 Å². The predicted octanol–water partition coefficient (Wildman–Crippen LogP) is 4.20. The molecule has 2 nitrogen and oxygen atoms in total. The Hall–Kier alpha value is -1.80. The van der Waals surface area contributed by atoms with E-state index < -0.39 is 0 Å². The van der Waals surface area contributed by atoms with Crippen LogP contribution in [0.15, 0.2) is 36.4 Å². The van der Waals surface area contributed by atoms with Crippen molar-refractivity contribution >= 4 is 17.4 Å². The second-order valence-electron chi connectivity index (χ2n) is 4.45. The quantitative estimate of drug-likeness (QED) is 0.784. The topological polar surface area (TPSA) is 26.3 Å². The van der Waals surface area contributed by atoms with Crippen molar-refractivity contribution in [3.63, 3.8) is 0 Å². The highest BCUT2D eigenvalue weighted by Gasteiger charge is 2.17. The molecular weight excluding hydrogens is 260 g/mol. The van der Waals surface area contributed by atoms with Gasteiger partial charge in [-0.3, -0.25) is 4.79 Å². The van der Waals surface area contributed by atoms with Crippen LogP contribution in [0.2, 0.25) is 5.02 Å². The fourth-order valence-corrected chi connectivity index (χ4v) is 2.24. The molecule has 0 aliphatic heterocycles. The van der Waals surface area contributed by atoms with Crippen LogP contribution in [-0.2, 0) is 0 Å². The van der Waals surface area contributed by atoms with Gasteiger partial charge in [-0.25, -0.2) is 0 Å². The zero-order chi connectivity index (χ0) is 14.0. The van der Waals surface area contributed by atoms with E-state index in [4.69, 9.17) is 16.3 Å². The summed E-state index contributed by atoms with van der Waals surface area (Å²) < 4.78 is 5.22. The number of halogens is 1. The van der Waals surface area contributed by atoms with Crippen LogP contribution < -0.4 is 4.74 Å². The fourth-order valence-electron chi connectivity index (χ4n) is 1.93. The summed E-state index contributed by atoms with van der Waals surface area (Å²) in [6.45, 7) is 3.93. The number of methoxy groups -OCH3 is 1. The molecule has 0 N–H and O–H groups in total. The van der Waals surface area contributed by atoms with Crippen molar-refractivity contribution in [2.75, 3.05) is 7.11 Å². The van der Waals surface area contributed by atoms with Crippen LogP contribution in [-0.4, -0.2) is 12.9 Å². The normalized spacial score (nSPS) is 10.3. The molecule has 19 heavy (non-hydrogen) atoms. The van der Waals surface area contributed by atoms with Crippen molar-refractivity contribution in [3.8, 4) is 5.75 Å². The Balaban J connectivity index is 2.53. The van der Waals surface area contributed by atoms with Crippen LogP contribution in [0, 0.1) is 13.8 Å². The standard InChI is InChI=1S/C16H15ClO2/c1-10-8-13(14(17)9-11(10)2)16(18)12-6-4-5-7-15(12)19-3/h4-9H,1-3H3. The number of hydrogen-bond donors (Lipinski definition) is 0. The molecule has 2 aromatic rings. The summed E-state index contributed by atoms with van der Waals surface area (Å²) in [6.07, 6.45) is 0. The Kier molecular flexibility index (Phi) is 3.91. The summed E-state index contributed by atoms with van der Waals surface area (Å²) in [6, 6.07) is 10.8. The number of aryl methyl sites for hydroxylation is 2. The highest BCUT2D eigenvalue weighted by atomic mass is 35.5. The number of para-hydroxylation sites is 1. The maximum atomic E-state index is 12.5. The number of ketones is 1. The number of benzene rings is 2. The highest BCUT2D eigenvalue weighted by Crippen LogP contribution is 2.27. The summed E-state index contributed by atoms with van der Waals surface area (Å²) in [5.74, 6) is 0.437. The Bertz CT molecular complexity index is 633. The summed E-state index contributed by atoms with van der Waals surface area (Å²) in [7, 11) is 1.55. The van der Waals surface area contributed by atoms with E-state index >= 15 is 0 Å². The van der Waals surface area contributed by atoms with Gasteiger partial charge in [-0.05, 0) is 49.2 Å². The van der Waals surface area contributed by atoms with Crippen molar-refractivity contribution in [1.82, 2.24) is 0 Å². The molecule has 0 aliphatic rings. The molecule has 0 aromatic heterocycles. The lowest BCUT2D eigenvalue weighted by Crippen LogP contribution is -2.05. The van der Waals surface area contributed by atoms with Gasteiger partial charge in [0.2, 0.25) is 0 Å². The lowest BCUT2D eigenvalue weighted by atomic mass is 9.98. The second-order valence-corrected chi connectivity index (χ2v) is 4.85. The SMILES string of the molecule is COc1ccccc1C(=O)c1cc(C)c(C)cc1Cl. The predicted molar refractivity (Wildman–Crippen MR) is 77.4 cm³/mol. The van der Waals surface area contributed by atoms with Gasteiger partial charge >= 0.3 is 0 Å². The zero-order valence-corrected chi connectivity index (χ0v) is 11.9. The molecule has 2 aromatic carbocycles. The van der Waals surface area contributed by atoms with Gasteiger partial charge in [-0.2, -0.15) is 0 Å². The molecule has 98 valence electrons. The Morgan fingerprint density at radius 3 is 2.37 bits per heavy atom. The Morgan fingerprint density at radius 1 is 1.05 bits per heavy atom. The van der Waals surface area contributed by atoms with Crippen LogP contribution in [0.25, 0.3) is 0 Å². The highest BCUT2D eigenvalue weighted by molar-refractivity contribution is 6.35. The van der Waals surface area contributed by atoms with E-state index in [1.165, 1.54) is 0 Å². The van der Waals surface area contributed by atoms with E-state index in [0.29, 0.717) is 21.9 Å². The molecule has 0 fully saturated rings. The number of carbonyl (C=O) groups is 1. The number of rotatable bonds is 3. The van der Waals surface area contributed by atoms with Crippen molar-refractivity contribution in [1.29, 1.82) is 0 Å². The molecule has 0 radical (unpaired) electrons. The summed E-state index contributed by atoms with van der Waals surface area (Å²) in [5.41, 5.74) is 3.15. The van der Waals surface area contributed by atoms with E-state index in [9.17, 15) is 4.79 Å². The largest absolute Gasteiger partial charge is 0.496 e. The number of ether oxygens (including phenoxy) is 1. The van der Waals surface area contributed by atoms with Crippen LogP contribution >= 0.6 is 11.6 Å². The molecule has 3 heteroatoms. The van der Waals surface area contributed by atoms with Gasteiger partial charge in [0, 0.05) is 5.56 Å². The van der Waals surface area contributed by atoms with Crippen molar-refractivity contribution in [2.24, 2.45) is 0 Å². The average Bonchev–Trinajstić information content (AvgIpc) is 2.42. The first-order valence-electron chi connectivity index (χ1n) is 5.99. The molecule has 0 amide bonds. The van der Waals surface area contributed by atoms with Gasteiger partial charge < -0.3 is 4.74 Å². The third-order valence-corrected chi connectivity index (χ3v) is 3.49. The Labute approximate surface area is 118 Å². The van der Waals surface area contributed by atoms with E-state index in [-0.39, 0.29) is 5.78 Å². The minimum absolute atomic E-state index is 0.120. The van der Waals surface area contributed by atoms with Gasteiger partial charge in [-0.15, -0.1) is 0 Å². The fraction of sp³-hybridized carbons (Fsp3) is 0.188. The van der Waals surface area contributed by atoms with E-state index in [0.717, 1.165) is 11.1 Å². The molecule has 0 spiro atoms. The molecular formula is C16H15ClO2. The first-order valence-corrected chi connectivity index (χ1v) is 6.37. The van der Waals surface area contributed by atoms with Gasteiger partial charge in [-0.1, -0.05) is 23.7 Å². The number of hydrogen-bond acceptors (Lipinski definition) is 2. The zero-order valence-electron chi connectivity index (χ0n) is 11.2. The Morgan fingerprint density at radius 2 is 1.68 bits per heavy atom. The van der Waals surface area contributed by atoms with E-state index in [2.05, 4.69) is 0 Å². The summed E-state index contributed by atoms with van der Waals surface area (Å²) in [5, 5.41) is 0.471. The summed E-state index contributed by atoms with van der Waals surface area (Å²) in [4.78, 5) is 12.5. The molecule has 0 bridgehead atoms. The first kappa shape index (κ1) is 13.6. The minimum Gasteiger partial charge on any atom is -0.496 e.